The van der Waals surface area contributed by atoms with Crippen LogP contribution < -0.4 is 0 Å². The second-order valence-electron chi connectivity index (χ2n) is 4.40. The van der Waals surface area contributed by atoms with Gasteiger partial charge in [0.15, 0.2) is 10.8 Å². The third-order valence-electron chi connectivity index (χ3n) is 3.11. The molecule has 0 bridgehead atoms. The quantitative estimate of drug-likeness (QED) is 0.627. The molecule has 0 aliphatic carbocycles. The molecule has 2 aromatic rings. The van der Waals surface area contributed by atoms with E-state index in [2.05, 4.69) is 15.3 Å². The summed E-state index contributed by atoms with van der Waals surface area (Å²) in [6.45, 7) is 1.22. The second-order valence-corrected chi connectivity index (χ2v) is 4.80. The number of halogens is 1. The van der Waals surface area contributed by atoms with Crippen LogP contribution in [0.2, 0.25) is 5.02 Å². The Bertz CT molecular complexity index is 634. The fourth-order valence-corrected chi connectivity index (χ4v) is 2.44. The molecule has 100 valence electrons. The van der Waals surface area contributed by atoms with Crippen molar-refractivity contribution in [2.24, 2.45) is 0 Å². The largest absolute Gasteiger partial charge is 0.408 e. The Hall–Kier alpha value is -1.96. The summed E-state index contributed by atoms with van der Waals surface area (Å²) in [7, 11) is 0. The predicted octanol–water partition coefficient (Wildman–Crippen LogP) is 1.42. The van der Waals surface area contributed by atoms with Crippen LogP contribution in [0.3, 0.4) is 0 Å². The summed E-state index contributed by atoms with van der Waals surface area (Å²) < 4.78 is 3.47. The molecule has 2 aromatic heterocycles. The Morgan fingerprint density at radius 2 is 2.26 bits per heavy atom. The van der Waals surface area contributed by atoms with Crippen molar-refractivity contribution < 1.29 is 4.92 Å². The molecule has 3 heterocycles. The zero-order chi connectivity index (χ0) is 13.4. The molecule has 0 amide bonds. The SMILES string of the molecule is O=[N+]([O-])c1nn(Cc2nnc3n2CCCC3)cc1Cl. The van der Waals surface area contributed by atoms with Gasteiger partial charge in [-0.15, -0.1) is 10.2 Å². The number of hydrogen-bond donors (Lipinski definition) is 0. The van der Waals surface area contributed by atoms with Crippen LogP contribution in [0.15, 0.2) is 6.20 Å². The zero-order valence-corrected chi connectivity index (χ0v) is 10.7. The molecule has 19 heavy (non-hydrogen) atoms. The van der Waals surface area contributed by atoms with Crippen LogP contribution in [0.1, 0.15) is 24.5 Å². The topological polar surface area (TPSA) is 91.7 Å². The van der Waals surface area contributed by atoms with Crippen LogP contribution in [-0.4, -0.2) is 29.5 Å². The van der Waals surface area contributed by atoms with Gasteiger partial charge in [0.2, 0.25) is 0 Å². The number of aryl methyl sites for hydroxylation is 1. The van der Waals surface area contributed by atoms with E-state index >= 15 is 0 Å². The fraction of sp³-hybridized carbons (Fsp3) is 0.500. The summed E-state index contributed by atoms with van der Waals surface area (Å²) in [5.41, 5.74) is 0. The first-order valence-electron chi connectivity index (χ1n) is 5.93. The fourth-order valence-electron chi connectivity index (χ4n) is 2.22. The maximum Gasteiger partial charge on any atom is 0.408 e. The second kappa shape index (κ2) is 4.61. The van der Waals surface area contributed by atoms with Crippen molar-refractivity contribution in [1.29, 1.82) is 0 Å². The Morgan fingerprint density at radius 3 is 3.00 bits per heavy atom. The van der Waals surface area contributed by atoms with E-state index in [-0.39, 0.29) is 10.8 Å². The van der Waals surface area contributed by atoms with Crippen molar-refractivity contribution in [1.82, 2.24) is 24.5 Å². The van der Waals surface area contributed by atoms with E-state index in [0.29, 0.717) is 6.54 Å². The summed E-state index contributed by atoms with van der Waals surface area (Å²) >= 11 is 5.76. The minimum Gasteiger partial charge on any atom is -0.358 e. The maximum atomic E-state index is 10.7. The monoisotopic (exact) mass is 282 g/mol. The highest BCUT2D eigenvalue weighted by molar-refractivity contribution is 6.32. The van der Waals surface area contributed by atoms with Crippen molar-refractivity contribution >= 4 is 17.4 Å². The minimum absolute atomic E-state index is 0.0309. The molecule has 0 unspecified atom stereocenters. The summed E-state index contributed by atoms with van der Waals surface area (Å²) in [5.74, 6) is 1.39. The molecule has 0 spiro atoms. The van der Waals surface area contributed by atoms with E-state index in [0.717, 1.165) is 37.5 Å². The van der Waals surface area contributed by atoms with Gasteiger partial charge >= 0.3 is 5.82 Å². The van der Waals surface area contributed by atoms with Crippen molar-refractivity contribution in [3.63, 3.8) is 0 Å². The average molecular weight is 283 g/mol. The minimum atomic E-state index is -0.599. The van der Waals surface area contributed by atoms with Gasteiger partial charge in [-0.2, -0.15) is 4.68 Å². The van der Waals surface area contributed by atoms with Gasteiger partial charge in [-0.3, -0.25) is 0 Å². The molecule has 0 aromatic carbocycles. The van der Waals surface area contributed by atoms with E-state index in [1.54, 1.807) is 0 Å². The van der Waals surface area contributed by atoms with Gasteiger partial charge in [0.25, 0.3) is 0 Å². The van der Waals surface area contributed by atoms with Gasteiger partial charge in [0, 0.05) is 13.0 Å². The first kappa shape index (κ1) is 12.1. The van der Waals surface area contributed by atoms with Gasteiger partial charge in [-0.1, -0.05) is 11.6 Å². The Morgan fingerprint density at radius 1 is 1.42 bits per heavy atom. The van der Waals surface area contributed by atoms with Crippen LogP contribution in [0.25, 0.3) is 0 Å². The first-order valence-corrected chi connectivity index (χ1v) is 6.31. The first-order chi connectivity index (χ1) is 9.15. The maximum absolute atomic E-state index is 10.7. The van der Waals surface area contributed by atoms with E-state index in [1.165, 1.54) is 10.9 Å². The van der Waals surface area contributed by atoms with Crippen LogP contribution >= 0.6 is 11.6 Å². The van der Waals surface area contributed by atoms with Crippen LogP contribution in [0.4, 0.5) is 5.82 Å². The van der Waals surface area contributed by atoms with Gasteiger partial charge in [-0.25, -0.2) is 0 Å². The summed E-state index contributed by atoms with van der Waals surface area (Å²) in [4.78, 5) is 10.1. The normalized spacial score (nSPS) is 14.4. The molecule has 0 atom stereocenters. The molecule has 0 N–H and O–H groups in total. The number of nitro groups is 1. The van der Waals surface area contributed by atoms with Gasteiger partial charge in [-0.05, 0) is 17.8 Å². The average Bonchev–Trinajstić information content (AvgIpc) is 2.95. The lowest BCUT2D eigenvalue weighted by Gasteiger charge is -2.13. The lowest BCUT2D eigenvalue weighted by Crippen LogP contribution is -2.15. The van der Waals surface area contributed by atoms with Crippen LogP contribution in [0, 0.1) is 10.1 Å². The van der Waals surface area contributed by atoms with Gasteiger partial charge in [0.05, 0.1) is 11.3 Å². The summed E-state index contributed by atoms with van der Waals surface area (Å²) in [5, 5.41) is 22.8. The van der Waals surface area contributed by atoms with E-state index < -0.39 is 4.92 Å². The Kier molecular flexibility index (Phi) is 2.94. The molecule has 0 saturated carbocycles. The highest BCUT2D eigenvalue weighted by Crippen LogP contribution is 2.22. The zero-order valence-electron chi connectivity index (χ0n) is 9.99. The highest BCUT2D eigenvalue weighted by Gasteiger charge is 2.22. The van der Waals surface area contributed by atoms with E-state index in [1.807, 2.05) is 4.57 Å². The van der Waals surface area contributed by atoms with Crippen molar-refractivity contribution in [2.75, 3.05) is 0 Å². The predicted molar refractivity (Wildman–Crippen MR) is 66.0 cm³/mol. The van der Waals surface area contributed by atoms with Crippen LogP contribution in [-0.2, 0) is 19.5 Å². The molecule has 0 saturated heterocycles. The Balaban J connectivity index is 1.87. The lowest BCUT2D eigenvalue weighted by molar-refractivity contribution is -0.389. The molecular weight excluding hydrogens is 272 g/mol. The molecular formula is C10H11ClN6O2. The number of rotatable bonds is 3. The molecule has 9 heteroatoms. The number of nitrogens with zero attached hydrogens (tertiary/aromatic N) is 6. The number of aromatic nitrogens is 5. The van der Waals surface area contributed by atoms with Crippen molar-refractivity contribution in [3.05, 3.63) is 33.0 Å². The molecule has 8 nitrogen and oxygen atoms in total. The molecule has 0 radical (unpaired) electrons. The van der Waals surface area contributed by atoms with E-state index in [4.69, 9.17) is 11.6 Å². The number of hydrogen-bond acceptors (Lipinski definition) is 5. The van der Waals surface area contributed by atoms with E-state index in [9.17, 15) is 10.1 Å². The van der Waals surface area contributed by atoms with Crippen molar-refractivity contribution in [3.8, 4) is 0 Å². The molecule has 3 rings (SSSR count). The molecule has 1 aliphatic heterocycles. The smallest absolute Gasteiger partial charge is 0.358 e. The summed E-state index contributed by atoms with van der Waals surface area (Å²) in [6, 6.07) is 0. The highest BCUT2D eigenvalue weighted by atomic mass is 35.5. The Labute approximate surface area is 113 Å². The lowest BCUT2D eigenvalue weighted by atomic mass is 10.2. The molecule has 1 aliphatic rings. The number of fused-ring (bicyclic) bond motifs is 1. The molecule has 0 fully saturated rings. The van der Waals surface area contributed by atoms with Crippen molar-refractivity contribution in [2.45, 2.75) is 32.4 Å². The third-order valence-corrected chi connectivity index (χ3v) is 3.38. The van der Waals surface area contributed by atoms with Gasteiger partial charge in [0.1, 0.15) is 12.4 Å². The van der Waals surface area contributed by atoms with Crippen LogP contribution in [0.5, 0.6) is 0 Å². The standard InChI is InChI=1S/C10H11ClN6O2/c11-7-5-15(14-10(7)17(18)19)6-9-13-12-8-3-1-2-4-16(8)9/h5H,1-4,6H2. The van der Waals surface area contributed by atoms with Gasteiger partial charge < -0.3 is 14.7 Å². The summed E-state index contributed by atoms with van der Waals surface area (Å²) in [6.07, 6.45) is 4.58. The third kappa shape index (κ3) is 2.19.